The number of aliphatic hydroxyl groups is 11. The summed E-state index contributed by atoms with van der Waals surface area (Å²) in [6.45, 7) is 1.58. The van der Waals surface area contributed by atoms with Gasteiger partial charge in [0, 0.05) is 6.42 Å². The molecule has 19 heteroatoms. The zero-order chi connectivity index (χ0) is 74.6. The molecule has 12 N–H and O–H groups in total. The molecule has 3 heterocycles. The Morgan fingerprint density at radius 3 is 1.09 bits per heavy atom. The monoisotopic (exact) mass is 1450 g/mol. The van der Waals surface area contributed by atoms with E-state index in [1.54, 1.807) is 6.08 Å². The van der Waals surface area contributed by atoms with Gasteiger partial charge in [0.1, 0.15) is 73.2 Å². The van der Waals surface area contributed by atoms with Gasteiger partial charge in [0.2, 0.25) is 5.91 Å². The average molecular weight is 1450 g/mol. The summed E-state index contributed by atoms with van der Waals surface area (Å²) in [5.74, 6) is -0.318. The van der Waals surface area contributed by atoms with Gasteiger partial charge in [-0.2, -0.15) is 0 Å². The Labute approximate surface area is 620 Å². The zero-order valence-corrected chi connectivity index (χ0v) is 63.0. The summed E-state index contributed by atoms with van der Waals surface area (Å²) in [5.41, 5.74) is 0. The molecule has 19 nitrogen and oxygen atoms in total. The van der Waals surface area contributed by atoms with Crippen LogP contribution in [0.4, 0.5) is 0 Å². The van der Waals surface area contributed by atoms with Crippen LogP contribution in [0.1, 0.15) is 258 Å². The highest BCUT2D eigenvalue weighted by Crippen LogP contribution is 2.33. The zero-order valence-electron chi connectivity index (χ0n) is 63.0. The third kappa shape index (κ3) is 42.9. The lowest BCUT2D eigenvalue weighted by atomic mass is 9.96. The molecule has 0 bridgehead atoms. The van der Waals surface area contributed by atoms with Gasteiger partial charge in [-0.1, -0.05) is 276 Å². The summed E-state index contributed by atoms with van der Waals surface area (Å²) in [7, 11) is 0. The normalized spacial score (nSPS) is 26.8. The van der Waals surface area contributed by atoms with Crippen molar-refractivity contribution >= 4 is 5.91 Å². The number of carbonyl (C=O) groups is 1. The third-order valence-electron chi connectivity index (χ3n) is 18.9. The third-order valence-corrected chi connectivity index (χ3v) is 18.9. The fraction of sp³-hybridized carbons (Fsp3) is 0.726. The number of hydrogen-bond donors (Lipinski definition) is 12. The van der Waals surface area contributed by atoms with E-state index < -0.39 is 131 Å². The summed E-state index contributed by atoms with van der Waals surface area (Å²) < 4.78 is 34.4. The van der Waals surface area contributed by atoms with E-state index in [0.717, 1.165) is 103 Å². The molecule has 3 aliphatic rings. The SMILES string of the molecule is CC/C=C\C/C=C\C/C=C\C/C=C\C/C=C\C/C=C\C/C=C\C/C=C\CCCCCCC(=O)NC(COC1OC(CO)C(OC2OC(CO)C(OC3OC(CO)C(O)C(O)C3O)C(O)C2O)C(O)C1O)C(O)/C=C/CC/C=C/CC/C=C/CCCCCCCCCCCCCCCCCCCCC. The quantitative estimate of drug-likeness (QED) is 0.0199. The van der Waals surface area contributed by atoms with Crippen LogP contribution in [0.15, 0.2) is 134 Å². The molecule has 0 aromatic heterocycles. The Balaban J connectivity index is 1.42. The van der Waals surface area contributed by atoms with E-state index in [-0.39, 0.29) is 12.3 Å². The van der Waals surface area contributed by atoms with Gasteiger partial charge < -0.3 is 89.9 Å². The molecule has 3 saturated heterocycles. The first kappa shape index (κ1) is 93.1. The molecule has 17 atom stereocenters. The highest BCUT2D eigenvalue weighted by atomic mass is 16.8. The Kier molecular flexibility index (Phi) is 56.9. The number of nitrogens with one attached hydrogen (secondary N) is 1. The van der Waals surface area contributed by atoms with Crippen molar-refractivity contribution in [1.82, 2.24) is 5.32 Å². The molecule has 103 heavy (non-hydrogen) atoms. The van der Waals surface area contributed by atoms with Crippen molar-refractivity contribution in [1.29, 1.82) is 0 Å². The summed E-state index contributed by atoms with van der Waals surface area (Å²) >= 11 is 0. The first-order valence-corrected chi connectivity index (χ1v) is 39.9. The van der Waals surface area contributed by atoms with Crippen LogP contribution in [0.5, 0.6) is 0 Å². The van der Waals surface area contributed by atoms with Gasteiger partial charge in [0.15, 0.2) is 18.9 Å². The van der Waals surface area contributed by atoms with Gasteiger partial charge in [0.25, 0.3) is 0 Å². The van der Waals surface area contributed by atoms with E-state index >= 15 is 0 Å². The number of unbranched alkanes of at least 4 members (excludes halogenated alkanes) is 25. The highest BCUT2D eigenvalue weighted by molar-refractivity contribution is 5.76. The smallest absolute Gasteiger partial charge is 0.220 e. The first-order valence-electron chi connectivity index (χ1n) is 39.9. The topological polar surface area (TPSA) is 307 Å². The minimum absolute atomic E-state index is 0.193. The minimum Gasteiger partial charge on any atom is -0.394 e. The molecule has 0 spiro atoms. The van der Waals surface area contributed by atoms with E-state index in [9.17, 15) is 61.0 Å². The van der Waals surface area contributed by atoms with Gasteiger partial charge in [-0.3, -0.25) is 4.79 Å². The predicted octanol–water partition coefficient (Wildman–Crippen LogP) is 13.3. The Morgan fingerprint density at radius 1 is 0.359 bits per heavy atom. The predicted molar refractivity (Wildman–Crippen MR) is 410 cm³/mol. The number of aliphatic hydroxyl groups excluding tert-OH is 11. The molecule has 17 unspecified atom stereocenters. The fourth-order valence-corrected chi connectivity index (χ4v) is 12.5. The number of ether oxygens (including phenoxy) is 6. The Morgan fingerprint density at radius 2 is 0.680 bits per heavy atom. The molecular weight excluding hydrogens is 1310 g/mol. The lowest BCUT2D eigenvalue weighted by Crippen LogP contribution is -2.66. The maximum atomic E-state index is 13.5. The molecule has 3 rings (SSSR count). The molecule has 1 amide bonds. The molecule has 3 aliphatic heterocycles. The highest BCUT2D eigenvalue weighted by Gasteiger charge is 2.53. The van der Waals surface area contributed by atoms with Crippen LogP contribution in [-0.4, -0.2) is 193 Å². The second-order valence-electron chi connectivity index (χ2n) is 27.8. The van der Waals surface area contributed by atoms with E-state index in [4.69, 9.17) is 28.4 Å². The van der Waals surface area contributed by atoms with E-state index in [0.29, 0.717) is 12.8 Å². The number of hydrogen-bond acceptors (Lipinski definition) is 18. The van der Waals surface area contributed by atoms with Gasteiger partial charge >= 0.3 is 0 Å². The van der Waals surface area contributed by atoms with Crippen LogP contribution >= 0.6 is 0 Å². The minimum atomic E-state index is -1.99. The summed E-state index contributed by atoms with van der Waals surface area (Å²) in [5, 5.41) is 121. The fourth-order valence-electron chi connectivity index (χ4n) is 12.5. The van der Waals surface area contributed by atoms with Gasteiger partial charge in [0.05, 0.1) is 38.6 Å². The molecule has 590 valence electrons. The van der Waals surface area contributed by atoms with Crippen molar-refractivity contribution in [2.45, 2.75) is 362 Å². The van der Waals surface area contributed by atoms with Crippen LogP contribution in [0, 0.1) is 0 Å². The summed E-state index contributed by atoms with van der Waals surface area (Å²) in [4.78, 5) is 13.5. The van der Waals surface area contributed by atoms with Crippen molar-refractivity contribution in [2.75, 3.05) is 26.4 Å². The second-order valence-corrected chi connectivity index (χ2v) is 27.8. The second kappa shape index (κ2) is 62.9. The molecular formula is C84H141NO18. The van der Waals surface area contributed by atoms with Crippen LogP contribution in [0.25, 0.3) is 0 Å². The number of carbonyl (C=O) groups excluding carboxylic acids is 1. The van der Waals surface area contributed by atoms with Crippen molar-refractivity contribution in [3.8, 4) is 0 Å². The number of amides is 1. The lowest BCUT2D eigenvalue weighted by molar-refractivity contribution is -0.379. The van der Waals surface area contributed by atoms with E-state index in [2.05, 4.69) is 141 Å². The molecule has 0 aromatic rings. The van der Waals surface area contributed by atoms with Crippen molar-refractivity contribution < 1.29 is 89.4 Å². The molecule has 0 radical (unpaired) electrons. The van der Waals surface area contributed by atoms with E-state index in [1.807, 2.05) is 6.08 Å². The summed E-state index contributed by atoms with van der Waals surface area (Å²) in [6.07, 6.45) is 62.9. The van der Waals surface area contributed by atoms with Crippen molar-refractivity contribution in [2.24, 2.45) is 0 Å². The van der Waals surface area contributed by atoms with Gasteiger partial charge in [-0.25, -0.2) is 0 Å². The summed E-state index contributed by atoms with van der Waals surface area (Å²) in [6, 6.07) is -1.02. The average Bonchev–Trinajstić information content (AvgIpc) is 0.781. The van der Waals surface area contributed by atoms with Crippen LogP contribution in [0.2, 0.25) is 0 Å². The van der Waals surface area contributed by atoms with Crippen molar-refractivity contribution in [3.05, 3.63) is 134 Å². The number of allylic oxidation sites excluding steroid dienone is 21. The van der Waals surface area contributed by atoms with E-state index in [1.165, 1.54) is 122 Å². The van der Waals surface area contributed by atoms with Crippen LogP contribution in [0.3, 0.4) is 0 Å². The molecule has 0 aliphatic carbocycles. The standard InChI is InChI=1S/C84H141NO18/c1-3-5-7-9-11-13-15-17-19-21-23-25-27-29-31-33-35-37-39-41-43-45-47-49-51-53-55-57-59-61-68(89)67(85-72(90)62-60-58-56-54-52-50-48-46-44-42-40-38-36-34-32-30-28-26-24-22-20-18-16-14-12-10-8-6-4-2)66-98-82-78(96)75(93)80(70(64-87)100-82)103-84-79(97)76(94)81(71(65-88)101-84)102-83-77(95)74(92)73(91)69(63-86)99-83/h6,8,12,14,18,20,24,26,30,32,36,38,42-45,48,50-51,53,59,61,67-71,73-84,86-89,91-97H,3-5,7,9-11,13,15-17,19,21-23,25,27-29,31,33-35,37,39-41,46-47,49,52,54-58,60,62-66H2,1-2H3,(H,85,90)/b8-6-,14-12-,20-18-,26-24-,32-30-,38-36-,44-42-,45-43+,50-48-,53-51+,61-59+. The Bertz CT molecular complexity index is 2380. The molecule has 3 fully saturated rings. The maximum Gasteiger partial charge on any atom is 0.220 e. The Hall–Kier alpha value is -4.07. The lowest BCUT2D eigenvalue weighted by Gasteiger charge is -2.48. The maximum absolute atomic E-state index is 13.5. The van der Waals surface area contributed by atoms with Crippen molar-refractivity contribution in [3.63, 3.8) is 0 Å². The number of rotatable bonds is 61. The largest absolute Gasteiger partial charge is 0.394 e. The molecule has 0 saturated carbocycles. The van der Waals surface area contributed by atoms with Gasteiger partial charge in [-0.05, 0) is 109 Å². The first-order chi connectivity index (χ1) is 50.3. The van der Waals surface area contributed by atoms with Crippen LogP contribution in [-0.2, 0) is 33.2 Å². The van der Waals surface area contributed by atoms with Gasteiger partial charge in [-0.15, -0.1) is 0 Å². The van der Waals surface area contributed by atoms with Crippen LogP contribution < -0.4 is 5.32 Å². The molecule has 0 aromatic carbocycles.